The number of ether oxygens (including phenoxy) is 2. The molecule has 0 spiro atoms. The number of sulfonamides is 1. The van der Waals surface area contributed by atoms with Crippen LogP contribution in [0.2, 0.25) is 0 Å². The van der Waals surface area contributed by atoms with Crippen LogP contribution < -0.4 is 10.2 Å². The highest BCUT2D eigenvalue weighted by atomic mass is 32.2. The zero-order valence-corrected chi connectivity index (χ0v) is 17.0. The summed E-state index contributed by atoms with van der Waals surface area (Å²) in [6, 6.07) is 4.12. The number of carbonyl (C=O) groups excluding carboxylic acids is 1. The number of nitrogens with zero attached hydrogens (tertiary/aromatic N) is 2. The van der Waals surface area contributed by atoms with Crippen molar-refractivity contribution in [2.75, 3.05) is 39.4 Å². The molecule has 12 heteroatoms. The van der Waals surface area contributed by atoms with E-state index in [9.17, 15) is 26.4 Å². The molecule has 3 rings (SSSR count). The van der Waals surface area contributed by atoms with E-state index in [0.717, 1.165) is 30.7 Å². The van der Waals surface area contributed by atoms with Gasteiger partial charge in [0.15, 0.2) is 0 Å². The van der Waals surface area contributed by atoms with Crippen LogP contribution in [0.3, 0.4) is 0 Å². The number of hydrogen-bond donors (Lipinski definition) is 1. The van der Waals surface area contributed by atoms with E-state index in [2.05, 4.69) is 10.2 Å². The molecule has 2 aliphatic rings. The van der Waals surface area contributed by atoms with Crippen molar-refractivity contribution in [1.82, 2.24) is 14.7 Å². The molecule has 2 heterocycles. The predicted molar refractivity (Wildman–Crippen MR) is 99.8 cm³/mol. The maximum absolute atomic E-state index is 12.9. The highest BCUT2D eigenvalue weighted by Gasteiger charge is 2.33. The number of nitrogens with one attached hydrogen (secondary N) is 1. The Balaban J connectivity index is 1.58. The van der Waals surface area contributed by atoms with Gasteiger partial charge in [-0.2, -0.15) is 4.31 Å². The summed E-state index contributed by atoms with van der Waals surface area (Å²) in [7, 11) is -3.88. The number of rotatable bonds is 6. The molecule has 2 fully saturated rings. The normalized spacial score (nSPS) is 21.9. The van der Waals surface area contributed by atoms with Crippen molar-refractivity contribution in [2.24, 2.45) is 5.92 Å². The lowest BCUT2D eigenvalue weighted by molar-refractivity contribution is -0.274. The molecule has 1 atom stereocenters. The van der Waals surface area contributed by atoms with Gasteiger partial charge in [-0.3, -0.25) is 10.2 Å². The Morgan fingerprint density at radius 2 is 1.83 bits per heavy atom. The van der Waals surface area contributed by atoms with Crippen molar-refractivity contribution in [2.45, 2.75) is 30.5 Å². The zero-order valence-electron chi connectivity index (χ0n) is 16.2. The molecule has 2 saturated heterocycles. The van der Waals surface area contributed by atoms with E-state index >= 15 is 0 Å². The second-order valence-electron chi connectivity index (χ2n) is 7.23. The first-order valence-electron chi connectivity index (χ1n) is 9.61. The minimum Gasteiger partial charge on any atom is -0.406 e. The number of morpholine rings is 1. The predicted octanol–water partition coefficient (Wildman–Crippen LogP) is 1.74. The summed E-state index contributed by atoms with van der Waals surface area (Å²) in [4.78, 5) is 12.2. The van der Waals surface area contributed by atoms with E-state index in [0.29, 0.717) is 39.3 Å². The maximum atomic E-state index is 12.9. The first-order valence-corrected chi connectivity index (χ1v) is 11.1. The fraction of sp³-hybridized carbons (Fsp3) is 0.611. The molecular weight excluding hydrogens is 427 g/mol. The van der Waals surface area contributed by atoms with Crippen molar-refractivity contribution in [3.63, 3.8) is 0 Å². The number of alkyl halides is 3. The second kappa shape index (κ2) is 9.50. The Morgan fingerprint density at radius 3 is 2.47 bits per heavy atom. The van der Waals surface area contributed by atoms with Crippen molar-refractivity contribution in [3.8, 4) is 5.75 Å². The molecule has 168 valence electrons. The molecule has 0 radical (unpaired) electrons. The van der Waals surface area contributed by atoms with Crippen LogP contribution in [0.15, 0.2) is 29.2 Å². The van der Waals surface area contributed by atoms with E-state index in [4.69, 9.17) is 4.74 Å². The van der Waals surface area contributed by atoms with Crippen molar-refractivity contribution < 1.29 is 35.9 Å². The lowest BCUT2D eigenvalue weighted by atomic mass is 9.96. The SMILES string of the molecule is O=C(CC1CCCN(S(=O)(=O)c2ccc(OC(F)(F)F)cc2)C1)NN1CCOCC1. The quantitative estimate of drug-likeness (QED) is 0.709. The van der Waals surface area contributed by atoms with Crippen LogP contribution in [0.25, 0.3) is 0 Å². The van der Waals surface area contributed by atoms with E-state index in [-0.39, 0.29) is 29.7 Å². The molecule has 1 unspecified atom stereocenters. The Morgan fingerprint density at radius 1 is 1.17 bits per heavy atom. The van der Waals surface area contributed by atoms with Crippen LogP contribution in [-0.4, -0.2) is 69.4 Å². The van der Waals surface area contributed by atoms with Crippen molar-refractivity contribution >= 4 is 15.9 Å². The maximum Gasteiger partial charge on any atom is 0.573 e. The highest BCUT2D eigenvalue weighted by molar-refractivity contribution is 7.89. The van der Waals surface area contributed by atoms with E-state index in [1.165, 1.54) is 4.31 Å². The van der Waals surface area contributed by atoms with Gasteiger partial charge in [0.05, 0.1) is 18.1 Å². The fourth-order valence-corrected chi connectivity index (χ4v) is 5.09. The number of piperidine rings is 1. The third kappa shape index (κ3) is 6.30. The molecule has 0 aromatic heterocycles. The lowest BCUT2D eigenvalue weighted by Gasteiger charge is -2.32. The van der Waals surface area contributed by atoms with Gasteiger partial charge in [0.2, 0.25) is 15.9 Å². The third-order valence-electron chi connectivity index (χ3n) is 4.94. The molecule has 0 bridgehead atoms. The molecule has 0 aliphatic carbocycles. The van der Waals surface area contributed by atoms with Crippen molar-refractivity contribution in [1.29, 1.82) is 0 Å². The van der Waals surface area contributed by atoms with Gasteiger partial charge in [0.1, 0.15) is 5.75 Å². The first kappa shape index (κ1) is 22.8. The fourth-order valence-electron chi connectivity index (χ4n) is 3.53. The van der Waals surface area contributed by atoms with Crippen LogP contribution in [0.5, 0.6) is 5.75 Å². The van der Waals surface area contributed by atoms with Gasteiger partial charge in [-0.15, -0.1) is 13.2 Å². The zero-order chi connectivity index (χ0) is 21.8. The highest BCUT2D eigenvalue weighted by Crippen LogP contribution is 2.28. The molecule has 1 aromatic carbocycles. The Hall–Kier alpha value is -1.89. The molecule has 1 aromatic rings. The second-order valence-corrected chi connectivity index (χ2v) is 9.17. The van der Waals surface area contributed by atoms with Crippen LogP contribution >= 0.6 is 0 Å². The molecular formula is C18H24F3N3O5S. The third-order valence-corrected chi connectivity index (χ3v) is 6.82. The Kier molecular flexibility index (Phi) is 7.22. The summed E-state index contributed by atoms with van der Waals surface area (Å²) in [5.74, 6) is -0.796. The van der Waals surface area contributed by atoms with Crippen molar-refractivity contribution in [3.05, 3.63) is 24.3 Å². The molecule has 30 heavy (non-hydrogen) atoms. The molecule has 0 saturated carbocycles. The van der Waals surface area contributed by atoms with Crippen LogP contribution in [0.1, 0.15) is 19.3 Å². The van der Waals surface area contributed by atoms with Gasteiger partial charge in [0.25, 0.3) is 0 Å². The smallest absolute Gasteiger partial charge is 0.406 e. The average Bonchev–Trinajstić information content (AvgIpc) is 2.68. The Bertz CT molecular complexity index is 826. The van der Waals surface area contributed by atoms with Gasteiger partial charge < -0.3 is 9.47 Å². The first-order chi connectivity index (χ1) is 14.1. The minimum atomic E-state index is -4.84. The number of carbonyl (C=O) groups is 1. The molecule has 2 aliphatic heterocycles. The number of amides is 1. The van der Waals surface area contributed by atoms with Gasteiger partial charge in [-0.05, 0) is 43.0 Å². The van der Waals surface area contributed by atoms with Crippen LogP contribution in [0.4, 0.5) is 13.2 Å². The summed E-state index contributed by atoms with van der Waals surface area (Å²) in [5, 5.41) is 1.79. The summed E-state index contributed by atoms with van der Waals surface area (Å²) in [6.07, 6.45) is -3.32. The number of benzene rings is 1. The van der Waals surface area contributed by atoms with E-state index < -0.39 is 22.1 Å². The summed E-state index contributed by atoms with van der Waals surface area (Å²) in [6.45, 7) is 2.77. The van der Waals surface area contributed by atoms with E-state index in [1.807, 2.05) is 0 Å². The summed E-state index contributed by atoms with van der Waals surface area (Å²) >= 11 is 0. The average molecular weight is 451 g/mol. The summed E-state index contributed by atoms with van der Waals surface area (Å²) in [5.41, 5.74) is 2.82. The largest absolute Gasteiger partial charge is 0.573 e. The topological polar surface area (TPSA) is 88.2 Å². The standard InChI is InChI=1S/C18H24F3N3O5S/c19-18(20,21)29-15-3-5-16(6-4-15)30(26,27)24-7-1-2-14(13-24)12-17(25)22-23-8-10-28-11-9-23/h3-6,14H,1-2,7-13H2,(H,22,25). The van der Waals surface area contributed by atoms with Gasteiger partial charge in [0, 0.05) is 32.6 Å². The number of hydrogen-bond acceptors (Lipinski definition) is 6. The van der Waals surface area contributed by atoms with Gasteiger partial charge in [-0.1, -0.05) is 0 Å². The van der Waals surface area contributed by atoms with Gasteiger partial charge in [-0.25, -0.2) is 13.4 Å². The van der Waals surface area contributed by atoms with Crippen LogP contribution in [0, 0.1) is 5.92 Å². The van der Waals surface area contributed by atoms with E-state index in [1.54, 1.807) is 5.01 Å². The molecule has 1 N–H and O–H groups in total. The Labute approximate surface area is 172 Å². The lowest BCUT2D eigenvalue weighted by Crippen LogP contribution is -2.49. The van der Waals surface area contributed by atoms with Crippen LogP contribution in [-0.2, 0) is 19.6 Å². The number of hydrazine groups is 1. The molecule has 8 nitrogen and oxygen atoms in total. The van der Waals surface area contributed by atoms with Gasteiger partial charge >= 0.3 is 6.36 Å². The summed E-state index contributed by atoms with van der Waals surface area (Å²) < 4.78 is 72.8. The molecule has 1 amide bonds. The minimum absolute atomic E-state index is 0.115. The monoisotopic (exact) mass is 451 g/mol. The number of halogens is 3.